The molecular weight excluding hydrogens is 460 g/mol. The fraction of sp³-hybridized carbons (Fsp3) is 0.480. The van der Waals surface area contributed by atoms with Crippen molar-refractivity contribution in [1.82, 2.24) is 4.90 Å². The summed E-state index contributed by atoms with van der Waals surface area (Å²) in [5.74, 6) is -0.854. The molecule has 34 heavy (non-hydrogen) atoms. The first-order chi connectivity index (χ1) is 15.8. The number of carboxylic acid groups (broad SMARTS) is 1. The molecule has 9 heteroatoms. The molecule has 0 bridgehead atoms. The molecule has 0 amide bonds. The van der Waals surface area contributed by atoms with E-state index in [-0.39, 0.29) is 31.3 Å². The Morgan fingerprint density at radius 3 is 2.21 bits per heavy atom. The quantitative estimate of drug-likeness (QED) is 0.436. The maximum absolute atomic E-state index is 13.6. The molecule has 3 nitrogen and oxygen atoms in total. The molecule has 0 aromatic heterocycles. The number of hydrogen-bond donors (Lipinski definition) is 1. The number of nitrogens with zero attached hydrogens (tertiary/aromatic N) is 1. The summed E-state index contributed by atoms with van der Waals surface area (Å²) < 4.78 is 80.6. The van der Waals surface area contributed by atoms with E-state index in [2.05, 4.69) is 0 Å². The lowest BCUT2D eigenvalue weighted by atomic mass is 9.84. The average Bonchev–Trinajstić information content (AvgIpc) is 2.73. The zero-order chi connectivity index (χ0) is 25.3. The van der Waals surface area contributed by atoms with Crippen LogP contribution in [-0.4, -0.2) is 22.5 Å². The third-order valence-corrected chi connectivity index (χ3v) is 6.38. The van der Waals surface area contributed by atoms with Gasteiger partial charge in [-0.1, -0.05) is 38.1 Å². The van der Waals surface area contributed by atoms with Gasteiger partial charge < -0.3 is 5.11 Å². The Kier molecular flexibility index (Phi) is 7.65. The van der Waals surface area contributed by atoms with Crippen LogP contribution in [0.3, 0.4) is 0 Å². The van der Waals surface area contributed by atoms with Crippen LogP contribution >= 0.6 is 0 Å². The highest BCUT2D eigenvalue weighted by molar-refractivity contribution is 5.67. The van der Waals surface area contributed by atoms with Crippen molar-refractivity contribution in [2.24, 2.45) is 5.92 Å². The molecular formula is C25H27F6NO2. The van der Waals surface area contributed by atoms with Crippen molar-refractivity contribution in [2.75, 3.05) is 6.54 Å². The molecule has 1 saturated heterocycles. The van der Waals surface area contributed by atoms with Crippen LogP contribution in [0, 0.1) is 5.92 Å². The first kappa shape index (κ1) is 26.1. The first-order valence-corrected chi connectivity index (χ1v) is 11.1. The van der Waals surface area contributed by atoms with Crippen molar-refractivity contribution in [1.29, 1.82) is 0 Å². The van der Waals surface area contributed by atoms with Crippen molar-refractivity contribution in [3.8, 4) is 0 Å². The summed E-state index contributed by atoms with van der Waals surface area (Å²) in [5.41, 5.74) is -0.788. The van der Waals surface area contributed by atoms with Gasteiger partial charge in [0.25, 0.3) is 0 Å². The van der Waals surface area contributed by atoms with Crippen LogP contribution in [0.25, 0.3) is 0 Å². The standard InChI is InChI=1S/C25H27F6NO2/c1-15(2)17-3-5-18(6-4-17)22-11-16(12-23(33)34)9-10-32(22)14-19-13-20(24(26,27)28)7-8-21(19)25(29,30)31/h3-8,13,15-16,22H,9-12,14H2,1-2H3,(H,33,34)/t16-,22+/m0/s1. The van der Waals surface area contributed by atoms with Crippen molar-refractivity contribution >= 4 is 5.97 Å². The van der Waals surface area contributed by atoms with Crippen molar-refractivity contribution < 1.29 is 36.2 Å². The maximum atomic E-state index is 13.6. The van der Waals surface area contributed by atoms with E-state index < -0.39 is 41.1 Å². The van der Waals surface area contributed by atoms with Gasteiger partial charge in [-0.25, -0.2) is 0 Å². The molecule has 1 aliphatic rings. The molecule has 1 N–H and O–H groups in total. The second kappa shape index (κ2) is 9.98. The fourth-order valence-corrected chi connectivity index (χ4v) is 4.55. The van der Waals surface area contributed by atoms with Gasteiger partial charge in [-0.15, -0.1) is 0 Å². The van der Waals surface area contributed by atoms with Crippen LogP contribution in [0.2, 0.25) is 0 Å². The molecule has 1 fully saturated rings. The van der Waals surface area contributed by atoms with E-state index in [4.69, 9.17) is 0 Å². The molecule has 1 heterocycles. The number of rotatable bonds is 6. The molecule has 2 atom stereocenters. The van der Waals surface area contributed by atoms with Crippen molar-refractivity contribution in [3.63, 3.8) is 0 Å². The number of likely N-dealkylation sites (tertiary alicyclic amines) is 1. The Morgan fingerprint density at radius 1 is 1.03 bits per heavy atom. The fourth-order valence-electron chi connectivity index (χ4n) is 4.55. The number of aliphatic carboxylic acids is 1. The Morgan fingerprint density at radius 2 is 1.68 bits per heavy atom. The van der Waals surface area contributed by atoms with Crippen LogP contribution in [0.15, 0.2) is 42.5 Å². The molecule has 0 saturated carbocycles. The summed E-state index contributed by atoms with van der Waals surface area (Å²) in [6.45, 7) is 4.01. The highest BCUT2D eigenvalue weighted by atomic mass is 19.4. The molecule has 2 aromatic carbocycles. The summed E-state index contributed by atoms with van der Waals surface area (Å²) in [6, 6.07) is 8.68. The topological polar surface area (TPSA) is 40.5 Å². The zero-order valence-corrected chi connectivity index (χ0v) is 18.9. The second-order valence-electron chi connectivity index (χ2n) is 9.16. The number of alkyl halides is 6. The normalized spacial score (nSPS) is 20.0. The van der Waals surface area contributed by atoms with Crippen molar-refractivity contribution in [3.05, 3.63) is 70.3 Å². The Labute approximate surface area is 194 Å². The molecule has 0 radical (unpaired) electrons. The highest BCUT2D eigenvalue weighted by Gasteiger charge is 2.38. The molecule has 0 aliphatic carbocycles. The van der Waals surface area contributed by atoms with E-state index in [1.54, 1.807) is 4.90 Å². The second-order valence-corrected chi connectivity index (χ2v) is 9.16. The Bertz CT molecular complexity index is 998. The van der Waals surface area contributed by atoms with Crippen LogP contribution in [0.1, 0.15) is 72.9 Å². The van der Waals surface area contributed by atoms with Crippen LogP contribution in [0.4, 0.5) is 26.3 Å². The van der Waals surface area contributed by atoms with Gasteiger partial charge in [-0.05, 0) is 66.1 Å². The zero-order valence-electron chi connectivity index (χ0n) is 18.9. The predicted molar refractivity (Wildman–Crippen MR) is 115 cm³/mol. The van der Waals surface area contributed by atoms with Crippen LogP contribution in [-0.2, 0) is 23.7 Å². The van der Waals surface area contributed by atoms with Gasteiger partial charge in [0.15, 0.2) is 0 Å². The molecule has 2 aromatic rings. The van der Waals surface area contributed by atoms with Gasteiger partial charge in [0, 0.05) is 19.0 Å². The lowest BCUT2D eigenvalue weighted by Crippen LogP contribution is -2.37. The minimum Gasteiger partial charge on any atom is -0.481 e. The van der Waals surface area contributed by atoms with E-state index in [0.29, 0.717) is 31.0 Å². The van der Waals surface area contributed by atoms with Gasteiger partial charge in [-0.3, -0.25) is 9.69 Å². The Hall–Kier alpha value is -2.55. The number of carboxylic acids is 1. The van der Waals surface area contributed by atoms with E-state index in [9.17, 15) is 36.2 Å². The first-order valence-electron chi connectivity index (χ1n) is 11.1. The van der Waals surface area contributed by atoms with E-state index in [1.165, 1.54) is 0 Å². The summed E-state index contributed by atoms with van der Waals surface area (Å²) in [5, 5.41) is 9.21. The minimum atomic E-state index is -4.80. The SMILES string of the molecule is CC(C)c1ccc([C@H]2C[C@@H](CC(=O)O)CCN2Cc2cc(C(F)(F)F)ccc2C(F)(F)F)cc1. The molecule has 0 unspecified atom stereocenters. The lowest BCUT2D eigenvalue weighted by Gasteiger charge is -2.40. The van der Waals surface area contributed by atoms with Crippen LogP contribution in [0.5, 0.6) is 0 Å². The number of halogens is 6. The van der Waals surface area contributed by atoms with E-state index >= 15 is 0 Å². The van der Waals surface area contributed by atoms with Crippen molar-refractivity contribution in [2.45, 2.75) is 64.0 Å². The monoisotopic (exact) mass is 487 g/mol. The third kappa shape index (κ3) is 6.31. The molecule has 186 valence electrons. The summed E-state index contributed by atoms with van der Waals surface area (Å²) in [7, 11) is 0. The van der Waals surface area contributed by atoms with Gasteiger partial charge in [0.05, 0.1) is 11.1 Å². The highest BCUT2D eigenvalue weighted by Crippen LogP contribution is 2.41. The summed E-state index contributed by atoms with van der Waals surface area (Å²) in [6.07, 6.45) is -8.79. The number of piperidine rings is 1. The lowest BCUT2D eigenvalue weighted by molar-refractivity contribution is -0.142. The maximum Gasteiger partial charge on any atom is 0.416 e. The number of benzene rings is 2. The van der Waals surface area contributed by atoms with Gasteiger partial charge >= 0.3 is 18.3 Å². The predicted octanol–water partition coefficient (Wildman–Crippen LogP) is 7.28. The third-order valence-electron chi connectivity index (χ3n) is 6.38. The molecule has 1 aliphatic heterocycles. The number of hydrogen-bond acceptors (Lipinski definition) is 2. The van der Waals surface area contributed by atoms with Gasteiger partial charge in [0.2, 0.25) is 0 Å². The molecule has 3 rings (SSSR count). The average molecular weight is 487 g/mol. The summed E-state index contributed by atoms with van der Waals surface area (Å²) >= 11 is 0. The smallest absolute Gasteiger partial charge is 0.416 e. The number of carbonyl (C=O) groups is 1. The summed E-state index contributed by atoms with van der Waals surface area (Å²) in [4.78, 5) is 13.0. The van der Waals surface area contributed by atoms with Crippen LogP contribution < -0.4 is 0 Å². The van der Waals surface area contributed by atoms with Gasteiger partial charge in [0.1, 0.15) is 0 Å². The van der Waals surface area contributed by atoms with E-state index in [0.717, 1.165) is 11.1 Å². The Balaban J connectivity index is 1.98. The van der Waals surface area contributed by atoms with Gasteiger partial charge in [-0.2, -0.15) is 26.3 Å². The molecule has 0 spiro atoms. The van der Waals surface area contributed by atoms with E-state index in [1.807, 2.05) is 38.1 Å². The minimum absolute atomic E-state index is 0.0637. The largest absolute Gasteiger partial charge is 0.481 e.